The van der Waals surface area contributed by atoms with Crippen molar-refractivity contribution in [2.24, 2.45) is 0 Å². The smallest absolute Gasteiger partial charge is 0.00670 e. The largest absolute Gasteiger partial charge is 0.314 e. The summed E-state index contributed by atoms with van der Waals surface area (Å²) < 4.78 is 0. The van der Waals surface area contributed by atoms with Crippen molar-refractivity contribution in [3.05, 3.63) is 0 Å². The lowest BCUT2D eigenvalue weighted by molar-refractivity contribution is 0.261. The molecule has 0 bridgehead atoms. The third kappa shape index (κ3) is 7.34. The van der Waals surface area contributed by atoms with E-state index in [2.05, 4.69) is 36.1 Å². The number of rotatable bonds is 10. The molecule has 0 aromatic rings. The number of hydrogen-bond acceptors (Lipinski definition) is 3. The van der Waals surface area contributed by atoms with Crippen LogP contribution in [0.15, 0.2) is 0 Å². The maximum absolute atomic E-state index is 3.70. The molecule has 1 fully saturated rings. The van der Waals surface area contributed by atoms with Gasteiger partial charge in [0.1, 0.15) is 0 Å². The standard InChI is InChI=1S/C15H33N3/c1-4-18(14-8-12-17(2)3)13-7-11-16-15-9-5-6-10-15/h15-16H,4-14H2,1-3H3. The van der Waals surface area contributed by atoms with Crippen LogP contribution in [-0.4, -0.2) is 62.7 Å². The third-order valence-electron chi connectivity index (χ3n) is 3.97. The normalized spacial score (nSPS) is 17.2. The lowest BCUT2D eigenvalue weighted by atomic mass is 10.2. The van der Waals surface area contributed by atoms with E-state index < -0.39 is 0 Å². The Morgan fingerprint density at radius 1 is 1.00 bits per heavy atom. The molecule has 0 unspecified atom stereocenters. The lowest BCUT2D eigenvalue weighted by Crippen LogP contribution is -2.32. The summed E-state index contributed by atoms with van der Waals surface area (Å²) in [5.74, 6) is 0. The first-order valence-electron chi connectivity index (χ1n) is 7.83. The zero-order chi connectivity index (χ0) is 13.2. The molecular formula is C15H33N3. The third-order valence-corrected chi connectivity index (χ3v) is 3.97. The average Bonchev–Trinajstić information content (AvgIpc) is 2.84. The quantitative estimate of drug-likeness (QED) is 0.604. The van der Waals surface area contributed by atoms with Gasteiger partial charge in [-0.3, -0.25) is 0 Å². The summed E-state index contributed by atoms with van der Waals surface area (Å²) in [7, 11) is 4.31. The van der Waals surface area contributed by atoms with Crippen LogP contribution < -0.4 is 5.32 Å². The average molecular weight is 255 g/mol. The first-order chi connectivity index (χ1) is 8.72. The van der Waals surface area contributed by atoms with Crippen molar-refractivity contribution in [1.29, 1.82) is 0 Å². The van der Waals surface area contributed by atoms with E-state index >= 15 is 0 Å². The summed E-state index contributed by atoms with van der Waals surface area (Å²) in [6, 6.07) is 0.828. The minimum absolute atomic E-state index is 0.828. The van der Waals surface area contributed by atoms with Crippen LogP contribution >= 0.6 is 0 Å². The molecule has 1 aliphatic rings. The number of nitrogens with one attached hydrogen (secondary N) is 1. The van der Waals surface area contributed by atoms with Crippen LogP contribution in [0.3, 0.4) is 0 Å². The van der Waals surface area contributed by atoms with E-state index in [9.17, 15) is 0 Å². The van der Waals surface area contributed by atoms with Crippen molar-refractivity contribution in [3.63, 3.8) is 0 Å². The fourth-order valence-corrected chi connectivity index (χ4v) is 2.78. The van der Waals surface area contributed by atoms with Gasteiger partial charge in [-0.1, -0.05) is 19.8 Å². The first kappa shape index (κ1) is 15.9. The van der Waals surface area contributed by atoms with Crippen LogP contribution in [-0.2, 0) is 0 Å². The molecule has 0 amide bonds. The second kappa shape index (κ2) is 9.76. The van der Waals surface area contributed by atoms with Crippen LogP contribution in [0, 0.1) is 0 Å². The van der Waals surface area contributed by atoms with E-state index in [1.807, 2.05) is 0 Å². The molecule has 0 atom stereocenters. The Balaban J connectivity index is 1.96. The van der Waals surface area contributed by atoms with Gasteiger partial charge in [-0.05, 0) is 72.5 Å². The minimum atomic E-state index is 0.828. The van der Waals surface area contributed by atoms with Crippen molar-refractivity contribution >= 4 is 0 Å². The van der Waals surface area contributed by atoms with E-state index in [-0.39, 0.29) is 0 Å². The molecule has 0 aromatic heterocycles. The predicted octanol–water partition coefficient (Wildman–Crippen LogP) is 2.18. The second-order valence-electron chi connectivity index (χ2n) is 5.88. The highest BCUT2D eigenvalue weighted by Crippen LogP contribution is 2.17. The van der Waals surface area contributed by atoms with E-state index in [0.717, 1.165) is 6.04 Å². The minimum Gasteiger partial charge on any atom is -0.314 e. The zero-order valence-electron chi connectivity index (χ0n) is 12.7. The Morgan fingerprint density at radius 3 is 2.28 bits per heavy atom. The summed E-state index contributed by atoms with van der Waals surface area (Å²) in [4.78, 5) is 4.86. The maximum atomic E-state index is 3.70. The highest BCUT2D eigenvalue weighted by Gasteiger charge is 2.13. The van der Waals surface area contributed by atoms with Crippen LogP contribution in [0.4, 0.5) is 0 Å². The van der Waals surface area contributed by atoms with Gasteiger partial charge in [0, 0.05) is 6.04 Å². The monoisotopic (exact) mass is 255 g/mol. The molecular weight excluding hydrogens is 222 g/mol. The van der Waals surface area contributed by atoms with Gasteiger partial charge in [0.25, 0.3) is 0 Å². The Kier molecular flexibility index (Phi) is 8.64. The molecule has 1 aliphatic carbocycles. The van der Waals surface area contributed by atoms with Crippen molar-refractivity contribution in [2.75, 3.05) is 46.8 Å². The predicted molar refractivity (Wildman–Crippen MR) is 80.2 cm³/mol. The summed E-state index contributed by atoms with van der Waals surface area (Å²) >= 11 is 0. The molecule has 0 aromatic carbocycles. The van der Waals surface area contributed by atoms with Crippen molar-refractivity contribution in [2.45, 2.75) is 51.5 Å². The van der Waals surface area contributed by atoms with E-state index in [4.69, 9.17) is 0 Å². The summed E-state index contributed by atoms with van der Waals surface area (Å²) in [5.41, 5.74) is 0. The maximum Gasteiger partial charge on any atom is 0.00670 e. The SMILES string of the molecule is CCN(CCCNC1CCCC1)CCCN(C)C. The van der Waals surface area contributed by atoms with Gasteiger partial charge in [-0.2, -0.15) is 0 Å². The topological polar surface area (TPSA) is 18.5 Å². The van der Waals surface area contributed by atoms with E-state index in [0.29, 0.717) is 0 Å². The Labute approximate surface area is 114 Å². The van der Waals surface area contributed by atoms with Gasteiger partial charge in [0.05, 0.1) is 0 Å². The highest BCUT2D eigenvalue weighted by atomic mass is 15.1. The van der Waals surface area contributed by atoms with Crippen LogP contribution in [0.25, 0.3) is 0 Å². The molecule has 0 saturated heterocycles. The van der Waals surface area contributed by atoms with Crippen molar-refractivity contribution in [3.8, 4) is 0 Å². The van der Waals surface area contributed by atoms with Gasteiger partial charge in [-0.25, -0.2) is 0 Å². The molecule has 1 N–H and O–H groups in total. The zero-order valence-corrected chi connectivity index (χ0v) is 12.7. The van der Waals surface area contributed by atoms with Gasteiger partial charge in [0.2, 0.25) is 0 Å². The summed E-state index contributed by atoms with van der Waals surface area (Å²) in [6.45, 7) is 8.38. The molecule has 0 aliphatic heterocycles. The molecule has 0 radical (unpaired) electrons. The molecule has 0 spiro atoms. The van der Waals surface area contributed by atoms with E-state index in [1.54, 1.807) is 0 Å². The fraction of sp³-hybridized carbons (Fsp3) is 1.00. The molecule has 1 saturated carbocycles. The van der Waals surface area contributed by atoms with Crippen LogP contribution in [0.1, 0.15) is 45.4 Å². The van der Waals surface area contributed by atoms with Gasteiger partial charge in [-0.15, -0.1) is 0 Å². The lowest BCUT2D eigenvalue weighted by Gasteiger charge is -2.22. The number of nitrogens with zero attached hydrogens (tertiary/aromatic N) is 2. The molecule has 3 nitrogen and oxygen atoms in total. The van der Waals surface area contributed by atoms with Crippen molar-refractivity contribution in [1.82, 2.24) is 15.1 Å². The first-order valence-corrected chi connectivity index (χ1v) is 7.83. The molecule has 108 valence electrons. The van der Waals surface area contributed by atoms with Gasteiger partial charge < -0.3 is 15.1 Å². The Morgan fingerprint density at radius 2 is 1.67 bits per heavy atom. The highest BCUT2D eigenvalue weighted by molar-refractivity contribution is 4.73. The van der Waals surface area contributed by atoms with Gasteiger partial charge >= 0.3 is 0 Å². The van der Waals surface area contributed by atoms with Crippen LogP contribution in [0.2, 0.25) is 0 Å². The molecule has 0 heterocycles. The molecule has 18 heavy (non-hydrogen) atoms. The number of hydrogen-bond donors (Lipinski definition) is 1. The second-order valence-corrected chi connectivity index (χ2v) is 5.88. The van der Waals surface area contributed by atoms with E-state index in [1.165, 1.54) is 71.2 Å². The van der Waals surface area contributed by atoms with Gasteiger partial charge in [0.15, 0.2) is 0 Å². The Bertz CT molecular complexity index is 188. The summed E-state index contributed by atoms with van der Waals surface area (Å²) in [5, 5.41) is 3.70. The van der Waals surface area contributed by atoms with Crippen molar-refractivity contribution < 1.29 is 0 Å². The Hall–Kier alpha value is -0.120. The molecule has 3 heteroatoms. The van der Waals surface area contributed by atoms with Crippen LogP contribution in [0.5, 0.6) is 0 Å². The fourth-order valence-electron chi connectivity index (χ4n) is 2.78. The summed E-state index contributed by atoms with van der Waals surface area (Å²) in [6.07, 6.45) is 8.26. The molecule has 1 rings (SSSR count).